The van der Waals surface area contributed by atoms with E-state index >= 15 is 0 Å². The number of hydrogen-bond donors (Lipinski definition) is 2. The number of methoxy groups -OCH3 is 2. The van der Waals surface area contributed by atoms with Crippen molar-refractivity contribution in [1.82, 2.24) is 0 Å². The highest BCUT2D eigenvalue weighted by atomic mass is 35.5. The Morgan fingerprint density at radius 1 is 1.07 bits per heavy atom. The summed E-state index contributed by atoms with van der Waals surface area (Å²) < 4.78 is 10.5. The molecule has 0 saturated carbocycles. The van der Waals surface area contributed by atoms with Crippen LogP contribution in [0.25, 0.3) is 0 Å². The van der Waals surface area contributed by atoms with Crippen LogP contribution >= 0.6 is 11.6 Å². The van der Waals surface area contributed by atoms with Crippen LogP contribution in [0.3, 0.4) is 0 Å². The van der Waals surface area contributed by atoms with Crippen LogP contribution in [0, 0.1) is 0 Å². The first-order chi connectivity index (χ1) is 13.1. The topological polar surface area (TPSA) is 62.8 Å². The normalized spacial score (nSPS) is 13.4. The Bertz CT molecular complexity index is 785. The first-order valence-corrected chi connectivity index (χ1v) is 9.28. The van der Waals surface area contributed by atoms with Gasteiger partial charge in [0.05, 0.1) is 32.1 Å². The summed E-state index contributed by atoms with van der Waals surface area (Å²) in [7, 11) is 3.14. The predicted octanol–water partition coefficient (Wildman–Crippen LogP) is 4.01. The van der Waals surface area contributed by atoms with E-state index in [1.807, 2.05) is 18.2 Å². The lowest BCUT2D eigenvalue weighted by molar-refractivity contribution is -0.114. The highest BCUT2D eigenvalue weighted by molar-refractivity contribution is 6.31. The van der Waals surface area contributed by atoms with Gasteiger partial charge in [-0.2, -0.15) is 0 Å². The van der Waals surface area contributed by atoms with Crippen molar-refractivity contribution < 1.29 is 14.3 Å². The average Bonchev–Trinajstić information content (AvgIpc) is 3.20. The fraction of sp³-hybridized carbons (Fsp3) is 0.350. The monoisotopic (exact) mass is 389 g/mol. The third-order valence-corrected chi connectivity index (χ3v) is 4.72. The summed E-state index contributed by atoms with van der Waals surface area (Å²) in [5.41, 5.74) is 2.55. The quantitative estimate of drug-likeness (QED) is 0.749. The summed E-state index contributed by atoms with van der Waals surface area (Å²) in [4.78, 5) is 14.7. The highest BCUT2D eigenvalue weighted by Gasteiger charge is 2.16. The van der Waals surface area contributed by atoms with Gasteiger partial charge >= 0.3 is 0 Å². The molecule has 0 aliphatic carbocycles. The largest absolute Gasteiger partial charge is 0.497 e. The summed E-state index contributed by atoms with van der Waals surface area (Å²) in [5.74, 6) is 1.06. The van der Waals surface area contributed by atoms with Gasteiger partial charge in [-0.15, -0.1) is 0 Å². The SMILES string of the molecule is COc1cc(NC(=O)CNc2cc(Cl)ccc2N2CCCC2)cc(OC)c1. The number of hydrogen-bond acceptors (Lipinski definition) is 5. The number of amides is 1. The van der Waals surface area contributed by atoms with E-state index in [0.29, 0.717) is 22.2 Å². The Morgan fingerprint density at radius 3 is 2.37 bits per heavy atom. The molecule has 0 aromatic heterocycles. The third kappa shape index (κ3) is 4.98. The number of nitrogens with zero attached hydrogens (tertiary/aromatic N) is 1. The molecule has 2 aromatic carbocycles. The van der Waals surface area contributed by atoms with Gasteiger partial charge in [-0.1, -0.05) is 11.6 Å². The maximum atomic E-state index is 12.4. The molecule has 1 fully saturated rings. The molecular formula is C20H24ClN3O3. The lowest BCUT2D eigenvalue weighted by Gasteiger charge is -2.22. The minimum absolute atomic E-state index is 0.126. The number of ether oxygens (including phenoxy) is 2. The van der Waals surface area contributed by atoms with Gasteiger partial charge in [0.1, 0.15) is 11.5 Å². The van der Waals surface area contributed by atoms with Crippen molar-refractivity contribution in [1.29, 1.82) is 0 Å². The second-order valence-electron chi connectivity index (χ2n) is 6.36. The van der Waals surface area contributed by atoms with Gasteiger partial charge in [-0.25, -0.2) is 0 Å². The van der Waals surface area contributed by atoms with Crippen LogP contribution in [0.4, 0.5) is 17.1 Å². The number of halogens is 1. The molecule has 6 nitrogen and oxygen atoms in total. The van der Waals surface area contributed by atoms with Gasteiger partial charge in [-0.05, 0) is 31.0 Å². The first kappa shape index (κ1) is 19.2. The van der Waals surface area contributed by atoms with E-state index in [0.717, 1.165) is 24.5 Å². The molecule has 3 rings (SSSR count). The zero-order valence-electron chi connectivity index (χ0n) is 15.5. The molecule has 0 atom stereocenters. The molecule has 1 aliphatic heterocycles. The smallest absolute Gasteiger partial charge is 0.243 e. The van der Waals surface area contributed by atoms with E-state index < -0.39 is 0 Å². The number of nitrogens with one attached hydrogen (secondary N) is 2. The maximum Gasteiger partial charge on any atom is 0.243 e. The standard InChI is InChI=1S/C20H24ClN3O3/c1-26-16-10-15(11-17(12-16)27-2)23-20(25)13-22-18-9-14(21)5-6-19(18)24-7-3-4-8-24/h5-6,9-12,22H,3-4,7-8,13H2,1-2H3,(H,23,25). The summed E-state index contributed by atoms with van der Waals surface area (Å²) in [6.07, 6.45) is 2.36. The summed E-state index contributed by atoms with van der Waals surface area (Å²) in [6.45, 7) is 2.17. The molecule has 2 N–H and O–H groups in total. The van der Waals surface area contributed by atoms with Gasteiger partial charge < -0.3 is 25.0 Å². The Hall–Kier alpha value is -2.60. The number of anilines is 3. The van der Waals surface area contributed by atoms with Crippen LogP contribution in [-0.2, 0) is 4.79 Å². The molecule has 1 amide bonds. The summed E-state index contributed by atoms with van der Waals surface area (Å²) in [6, 6.07) is 11.0. The van der Waals surface area contributed by atoms with Crippen LogP contribution in [-0.4, -0.2) is 39.8 Å². The van der Waals surface area contributed by atoms with Gasteiger partial charge in [0.15, 0.2) is 0 Å². The van der Waals surface area contributed by atoms with Gasteiger partial charge in [-0.3, -0.25) is 4.79 Å². The molecule has 27 heavy (non-hydrogen) atoms. The van der Waals surface area contributed by atoms with E-state index in [4.69, 9.17) is 21.1 Å². The van der Waals surface area contributed by atoms with Crippen LogP contribution in [0.2, 0.25) is 5.02 Å². The molecule has 0 bridgehead atoms. The van der Waals surface area contributed by atoms with E-state index in [-0.39, 0.29) is 12.5 Å². The molecule has 1 heterocycles. The van der Waals surface area contributed by atoms with Crippen LogP contribution in [0.15, 0.2) is 36.4 Å². The van der Waals surface area contributed by atoms with Crippen molar-refractivity contribution >= 4 is 34.6 Å². The Morgan fingerprint density at radius 2 is 1.74 bits per heavy atom. The van der Waals surface area contributed by atoms with Crippen molar-refractivity contribution in [3.05, 3.63) is 41.4 Å². The number of carbonyl (C=O) groups excluding carboxylic acids is 1. The molecule has 1 saturated heterocycles. The van der Waals surface area contributed by atoms with Crippen molar-refractivity contribution in [3.8, 4) is 11.5 Å². The van der Waals surface area contributed by atoms with Gasteiger partial charge in [0.25, 0.3) is 0 Å². The molecular weight excluding hydrogens is 366 g/mol. The average molecular weight is 390 g/mol. The van der Waals surface area contributed by atoms with Crippen molar-refractivity contribution in [3.63, 3.8) is 0 Å². The van der Waals surface area contributed by atoms with E-state index in [9.17, 15) is 4.79 Å². The molecule has 0 spiro atoms. The minimum atomic E-state index is -0.169. The Kier molecular flexibility index (Phi) is 6.29. The Labute approximate surface area is 164 Å². The van der Waals surface area contributed by atoms with E-state index in [1.165, 1.54) is 12.8 Å². The lowest BCUT2D eigenvalue weighted by Crippen LogP contribution is -2.24. The maximum absolute atomic E-state index is 12.4. The van der Waals surface area contributed by atoms with Gasteiger partial charge in [0.2, 0.25) is 5.91 Å². The van der Waals surface area contributed by atoms with Gasteiger partial charge in [0, 0.05) is 42.0 Å². The minimum Gasteiger partial charge on any atom is -0.497 e. The molecule has 0 unspecified atom stereocenters. The molecule has 7 heteroatoms. The fourth-order valence-corrected chi connectivity index (χ4v) is 3.32. The summed E-state index contributed by atoms with van der Waals surface area (Å²) in [5, 5.41) is 6.70. The summed E-state index contributed by atoms with van der Waals surface area (Å²) >= 11 is 6.15. The fourth-order valence-electron chi connectivity index (χ4n) is 3.14. The first-order valence-electron chi connectivity index (χ1n) is 8.90. The third-order valence-electron chi connectivity index (χ3n) is 4.48. The van der Waals surface area contributed by atoms with E-state index in [1.54, 1.807) is 32.4 Å². The number of carbonyl (C=O) groups is 1. The zero-order chi connectivity index (χ0) is 19.2. The van der Waals surface area contributed by atoms with Crippen LogP contribution < -0.4 is 25.0 Å². The molecule has 1 aliphatic rings. The van der Waals surface area contributed by atoms with Crippen LogP contribution in [0.1, 0.15) is 12.8 Å². The number of rotatable bonds is 7. The molecule has 0 radical (unpaired) electrons. The van der Waals surface area contributed by atoms with Crippen molar-refractivity contribution in [2.24, 2.45) is 0 Å². The second-order valence-corrected chi connectivity index (χ2v) is 6.80. The lowest BCUT2D eigenvalue weighted by atomic mass is 10.2. The zero-order valence-corrected chi connectivity index (χ0v) is 16.3. The molecule has 2 aromatic rings. The van der Waals surface area contributed by atoms with Crippen LogP contribution in [0.5, 0.6) is 11.5 Å². The highest BCUT2D eigenvalue weighted by Crippen LogP contribution is 2.31. The van der Waals surface area contributed by atoms with Crippen molar-refractivity contribution in [2.75, 3.05) is 49.4 Å². The number of benzene rings is 2. The Balaban J connectivity index is 1.67. The van der Waals surface area contributed by atoms with E-state index in [2.05, 4.69) is 15.5 Å². The molecule has 144 valence electrons. The van der Waals surface area contributed by atoms with Crippen molar-refractivity contribution in [2.45, 2.75) is 12.8 Å². The second kappa shape index (κ2) is 8.86. The predicted molar refractivity (Wildman–Crippen MR) is 110 cm³/mol.